The van der Waals surface area contributed by atoms with Crippen LogP contribution in [0.4, 0.5) is 5.95 Å². The first-order chi connectivity index (χ1) is 9.22. The Hall–Kier alpha value is -1.12. The minimum atomic E-state index is 0.636. The van der Waals surface area contributed by atoms with Crippen LogP contribution in [0.2, 0.25) is 0 Å². The smallest absolute Gasteiger partial charge is 0.225 e. The summed E-state index contributed by atoms with van der Waals surface area (Å²) in [6, 6.07) is 2.53. The van der Waals surface area contributed by atoms with Crippen LogP contribution in [0, 0.1) is 11.8 Å². The summed E-state index contributed by atoms with van der Waals surface area (Å²) >= 11 is 0. The standard InChI is InChI=1S/C16H27N3/c1-4-12-19(16-17-10-5-11-18-16)15-8-6-14(7-9-15)13(2)3/h5,10-11,13-15H,4,6-9,12H2,1-3H3. The van der Waals surface area contributed by atoms with E-state index in [1.54, 1.807) is 0 Å². The minimum absolute atomic E-state index is 0.636. The molecule has 1 aliphatic carbocycles. The average molecular weight is 261 g/mol. The second-order valence-electron chi connectivity index (χ2n) is 6.05. The maximum atomic E-state index is 4.44. The number of nitrogens with zero attached hydrogens (tertiary/aromatic N) is 3. The third-order valence-electron chi connectivity index (χ3n) is 4.40. The van der Waals surface area contributed by atoms with Crippen molar-refractivity contribution < 1.29 is 0 Å². The summed E-state index contributed by atoms with van der Waals surface area (Å²) in [7, 11) is 0. The first-order valence-electron chi connectivity index (χ1n) is 7.76. The van der Waals surface area contributed by atoms with Crippen molar-refractivity contribution in [2.24, 2.45) is 11.8 Å². The Kier molecular flexibility index (Phi) is 5.17. The molecule has 1 fully saturated rings. The van der Waals surface area contributed by atoms with E-state index in [4.69, 9.17) is 0 Å². The van der Waals surface area contributed by atoms with E-state index in [9.17, 15) is 0 Å². The molecule has 1 aromatic heterocycles. The highest BCUT2D eigenvalue weighted by molar-refractivity contribution is 5.30. The molecule has 0 saturated heterocycles. The molecule has 0 bridgehead atoms. The zero-order chi connectivity index (χ0) is 13.7. The van der Waals surface area contributed by atoms with Gasteiger partial charge in [0, 0.05) is 25.0 Å². The van der Waals surface area contributed by atoms with Crippen LogP contribution < -0.4 is 4.90 Å². The second-order valence-corrected chi connectivity index (χ2v) is 6.05. The summed E-state index contributed by atoms with van der Waals surface area (Å²) in [5.41, 5.74) is 0. The lowest BCUT2D eigenvalue weighted by atomic mass is 9.79. The van der Waals surface area contributed by atoms with E-state index in [0.717, 1.165) is 30.7 Å². The first kappa shape index (κ1) is 14.3. The van der Waals surface area contributed by atoms with Gasteiger partial charge in [0.15, 0.2) is 0 Å². The molecule has 1 heterocycles. The van der Waals surface area contributed by atoms with Gasteiger partial charge in [0.2, 0.25) is 5.95 Å². The van der Waals surface area contributed by atoms with Crippen LogP contribution in [0.15, 0.2) is 18.5 Å². The predicted octanol–water partition coefficient (Wildman–Crippen LogP) is 3.91. The van der Waals surface area contributed by atoms with Crippen LogP contribution in [0.5, 0.6) is 0 Å². The normalized spacial score (nSPS) is 23.6. The Bertz CT molecular complexity index is 356. The number of rotatable bonds is 5. The number of hydrogen-bond acceptors (Lipinski definition) is 3. The van der Waals surface area contributed by atoms with Crippen molar-refractivity contribution in [1.29, 1.82) is 0 Å². The predicted molar refractivity (Wildman–Crippen MR) is 80.3 cm³/mol. The molecular formula is C16H27N3. The highest BCUT2D eigenvalue weighted by Crippen LogP contribution is 2.33. The number of hydrogen-bond donors (Lipinski definition) is 0. The summed E-state index contributed by atoms with van der Waals surface area (Å²) in [6.07, 6.45) is 10.2. The van der Waals surface area contributed by atoms with Crippen LogP contribution in [0.1, 0.15) is 52.9 Å². The van der Waals surface area contributed by atoms with E-state index in [1.165, 1.54) is 25.7 Å². The summed E-state index contributed by atoms with van der Waals surface area (Å²) in [4.78, 5) is 11.3. The highest BCUT2D eigenvalue weighted by Gasteiger charge is 2.27. The fourth-order valence-electron chi connectivity index (χ4n) is 3.21. The van der Waals surface area contributed by atoms with Crippen LogP contribution in [-0.2, 0) is 0 Å². The molecule has 0 aromatic carbocycles. The number of aromatic nitrogens is 2. The molecule has 0 aliphatic heterocycles. The molecule has 1 aliphatic rings. The van der Waals surface area contributed by atoms with E-state index < -0.39 is 0 Å². The van der Waals surface area contributed by atoms with E-state index in [0.29, 0.717) is 6.04 Å². The minimum Gasteiger partial charge on any atom is -0.338 e. The van der Waals surface area contributed by atoms with Crippen LogP contribution in [-0.4, -0.2) is 22.6 Å². The molecule has 0 N–H and O–H groups in total. The van der Waals surface area contributed by atoms with E-state index in [-0.39, 0.29) is 0 Å². The van der Waals surface area contributed by atoms with Crippen LogP contribution >= 0.6 is 0 Å². The lowest BCUT2D eigenvalue weighted by Gasteiger charge is -2.38. The molecule has 3 heteroatoms. The molecule has 0 spiro atoms. The fraction of sp³-hybridized carbons (Fsp3) is 0.750. The van der Waals surface area contributed by atoms with Gasteiger partial charge in [0.05, 0.1) is 0 Å². The molecule has 106 valence electrons. The average Bonchev–Trinajstić information content (AvgIpc) is 2.46. The topological polar surface area (TPSA) is 29.0 Å². The van der Waals surface area contributed by atoms with Gasteiger partial charge in [-0.2, -0.15) is 0 Å². The molecule has 2 rings (SSSR count). The summed E-state index contributed by atoms with van der Waals surface area (Å²) < 4.78 is 0. The molecule has 1 aromatic rings. The summed E-state index contributed by atoms with van der Waals surface area (Å²) in [5, 5.41) is 0. The lowest BCUT2D eigenvalue weighted by Crippen LogP contribution is -2.40. The van der Waals surface area contributed by atoms with E-state index in [2.05, 4.69) is 35.6 Å². The molecule has 0 radical (unpaired) electrons. The fourth-order valence-corrected chi connectivity index (χ4v) is 3.21. The Labute approximate surface area is 117 Å². The van der Waals surface area contributed by atoms with Gasteiger partial charge in [-0.1, -0.05) is 20.8 Å². The zero-order valence-corrected chi connectivity index (χ0v) is 12.5. The Morgan fingerprint density at radius 1 is 1.16 bits per heavy atom. The van der Waals surface area contributed by atoms with Crippen LogP contribution in [0.3, 0.4) is 0 Å². The largest absolute Gasteiger partial charge is 0.338 e. The van der Waals surface area contributed by atoms with E-state index in [1.807, 2.05) is 18.5 Å². The van der Waals surface area contributed by atoms with Crippen molar-refractivity contribution in [2.75, 3.05) is 11.4 Å². The molecule has 1 saturated carbocycles. The van der Waals surface area contributed by atoms with Crippen molar-refractivity contribution in [2.45, 2.75) is 58.9 Å². The Morgan fingerprint density at radius 3 is 2.32 bits per heavy atom. The third-order valence-corrected chi connectivity index (χ3v) is 4.40. The first-order valence-corrected chi connectivity index (χ1v) is 7.76. The van der Waals surface area contributed by atoms with Gasteiger partial charge in [-0.15, -0.1) is 0 Å². The van der Waals surface area contributed by atoms with Crippen molar-refractivity contribution in [1.82, 2.24) is 9.97 Å². The van der Waals surface area contributed by atoms with Gasteiger partial charge in [0.25, 0.3) is 0 Å². The van der Waals surface area contributed by atoms with Gasteiger partial charge >= 0.3 is 0 Å². The van der Waals surface area contributed by atoms with Gasteiger partial charge in [0.1, 0.15) is 0 Å². The molecule has 0 atom stereocenters. The van der Waals surface area contributed by atoms with Crippen molar-refractivity contribution >= 4 is 5.95 Å². The van der Waals surface area contributed by atoms with Crippen molar-refractivity contribution in [3.05, 3.63) is 18.5 Å². The Morgan fingerprint density at radius 2 is 1.79 bits per heavy atom. The van der Waals surface area contributed by atoms with Gasteiger partial charge < -0.3 is 4.90 Å². The molecule has 3 nitrogen and oxygen atoms in total. The SMILES string of the molecule is CCCN(c1ncccn1)C1CCC(C(C)C)CC1. The third kappa shape index (κ3) is 3.68. The van der Waals surface area contributed by atoms with Crippen LogP contribution in [0.25, 0.3) is 0 Å². The number of anilines is 1. The quantitative estimate of drug-likeness (QED) is 0.804. The maximum absolute atomic E-state index is 4.44. The zero-order valence-electron chi connectivity index (χ0n) is 12.5. The van der Waals surface area contributed by atoms with Gasteiger partial charge in [-0.25, -0.2) is 9.97 Å². The maximum Gasteiger partial charge on any atom is 0.225 e. The van der Waals surface area contributed by atoms with Crippen molar-refractivity contribution in [3.63, 3.8) is 0 Å². The summed E-state index contributed by atoms with van der Waals surface area (Å²) in [6.45, 7) is 8.01. The second kappa shape index (κ2) is 6.88. The van der Waals surface area contributed by atoms with Crippen molar-refractivity contribution in [3.8, 4) is 0 Å². The molecule has 0 unspecified atom stereocenters. The van der Waals surface area contributed by atoms with Gasteiger partial charge in [-0.05, 0) is 50.0 Å². The van der Waals surface area contributed by atoms with E-state index >= 15 is 0 Å². The molecule has 0 amide bonds. The molecule has 19 heavy (non-hydrogen) atoms. The molecular weight excluding hydrogens is 234 g/mol. The highest BCUT2D eigenvalue weighted by atomic mass is 15.3. The van der Waals surface area contributed by atoms with Gasteiger partial charge in [-0.3, -0.25) is 0 Å². The lowest BCUT2D eigenvalue weighted by molar-refractivity contribution is 0.252. The monoisotopic (exact) mass is 261 g/mol. The summed E-state index contributed by atoms with van der Waals surface area (Å²) in [5.74, 6) is 2.65. The Balaban J connectivity index is 2.01.